The van der Waals surface area contributed by atoms with E-state index in [9.17, 15) is 0 Å². The number of hydrogen-bond acceptors (Lipinski definition) is 1. The van der Waals surface area contributed by atoms with Crippen LogP contribution in [0.15, 0.2) is 12.1 Å². The number of aromatic nitrogens is 1. The molecule has 0 aliphatic carbocycles. The second-order valence-corrected chi connectivity index (χ2v) is 9.26. The third-order valence-corrected chi connectivity index (χ3v) is 4.19. The molecule has 0 fully saturated rings. The highest BCUT2D eigenvalue weighted by molar-refractivity contribution is 6.88. The van der Waals surface area contributed by atoms with Crippen molar-refractivity contribution in [2.24, 2.45) is 0 Å². The average molecular weight is 189 g/mol. The highest BCUT2D eigenvalue weighted by atomic mass is 28.3. The Morgan fingerprint density at radius 3 is 2.31 bits per heavy atom. The van der Waals surface area contributed by atoms with Crippen molar-refractivity contribution in [3.8, 4) is 12.3 Å². The summed E-state index contributed by atoms with van der Waals surface area (Å²) < 4.78 is 0. The molecule has 2 heteroatoms. The van der Waals surface area contributed by atoms with Crippen molar-refractivity contribution < 1.29 is 0 Å². The zero-order valence-electron chi connectivity index (χ0n) is 8.68. The van der Waals surface area contributed by atoms with E-state index in [4.69, 9.17) is 6.42 Å². The largest absolute Gasteiger partial charge is 0.245 e. The first-order chi connectivity index (χ1) is 5.95. The van der Waals surface area contributed by atoms with E-state index in [0.29, 0.717) is 0 Å². The lowest BCUT2D eigenvalue weighted by molar-refractivity contribution is 1.19. The lowest BCUT2D eigenvalue weighted by Gasteiger charge is -2.18. The Morgan fingerprint density at radius 1 is 1.31 bits per heavy atom. The van der Waals surface area contributed by atoms with E-state index in [-0.39, 0.29) is 0 Å². The fraction of sp³-hybridized carbons (Fsp3) is 0.364. The van der Waals surface area contributed by atoms with Gasteiger partial charge in [0.05, 0.1) is 8.07 Å². The van der Waals surface area contributed by atoms with Crippen molar-refractivity contribution in [2.75, 3.05) is 0 Å². The van der Waals surface area contributed by atoms with Gasteiger partial charge in [-0.25, -0.2) is 4.98 Å². The summed E-state index contributed by atoms with van der Waals surface area (Å²) in [7, 11) is -1.24. The SMILES string of the molecule is C#Cc1ccc([Si](C)(C)C)c(C)n1. The average Bonchev–Trinajstić information content (AvgIpc) is 2.01. The Kier molecular flexibility index (Phi) is 2.58. The van der Waals surface area contributed by atoms with Crippen molar-refractivity contribution >= 4 is 13.3 Å². The Balaban J connectivity index is 3.23. The van der Waals surface area contributed by atoms with Gasteiger partial charge in [-0.15, -0.1) is 6.42 Å². The van der Waals surface area contributed by atoms with Crippen LogP contribution in [0.2, 0.25) is 19.6 Å². The number of rotatable bonds is 1. The van der Waals surface area contributed by atoms with Gasteiger partial charge in [0.25, 0.3) is 0 Å². The van der Waals surface area contributed by atoms with E-state index < -0.39 is 8.07 Å². The predicted octanol–water partition coefficient (Wildman–Crippen LogP) is 1.92. The zero-order valence-corrected chi connectivity index (χ0v) is 9.68. The quantitative estimate of drug-likeness (QED) is 0.486. The zero-order chi connectivity index (χ0) is 10.1. The first-order valence-corrected chi connectivity index (χ1v) is 7.90. The lowest BCUT2D eigenvalue weighted by atomic mass is 10.3. The molecule has 13 heavy (non-hydrogen) atoms. The maximum atomic E-state index is 5.28. The van der Waals surface area contributed by atoms with Crippen LogP contribution in [0.5, 0.6) is 0 Å². The topological polar surface area (TPSA) is 12.9 Å². The summed E-state index contributed by atoms with van der Waals surface area (Å²) in [4.78, 5) is 4.36. The second-order valence-electron chi connectivity index (χ2n) is 4.22. The van der Waals surface area contributed by atoms with Crippen LogP contribution in [0.25, 0.3) is 0 Å². The molecule has 0 atom stereocenters. The molecule has 0 unspecified atom stereocenters. The Bertz CT molecular complexity index is 355. The van der Waals surface area contributed by atoms with E-state index in [2.05, 4.69) is 36.6 Å². The maximum Gasteiger partial charge on any atom is 0.113 e. The van der Waals surface area contributed by atoms with Crippen molar-refractivity contribution in [2.45, 2.75) is 26.6 Å². The van der Waals surface area contributed by atoms with E-state index in [0.717, 1.165) is 11.4 Å². The van der Waals surface area contributed by atoms with Crippen LogP contribution in [0.3, 0.4) is 0 Å². The predicted molar refractivity (Wildman–Crippen MR) is 59.9 cm³/mol. The minimum atomic E-state index is -1.24. The van der Waals surface area contributed by atoms with Crippen molar-refractivity contribution in [3.05, 3.63) is 23.5 Å². The molecule has 0 bridgehead atoms. The number of aryl methyl sites for hydroxylation is 1. The van der Waals surface area contributed by atoms with Gasteiger partial charge in [0.2, 0.25) is 0 Å². The number of terminal acetylenes is 1. The molecular weight excluding hydrogens is 174 g/mol. The molecule has 1 aromatic rings. The van der Waals surface area contributed by atoms with Gasteiger partial charge in [0.1, 0.15) is 5.69 Å². The van der Waals surface area contributed by atoms with Gasteiger partial charge in [-0.2, -0.15) is 0 Å². The maximum absolute atomic E-state index is 5.28. The first kappa shape index (κ1) is 10.0. The van der Waals surface area contributed by atoms with Gasteiger partial charge in [-0.1, -0.05) is 31.6 Å². The Morgan fingerprint density at radius 2 is 1.92 bits per heavy atom. The molecule has 0 saturated heterocycles. The minimum Gasteiger partial charge on any atom is -0.245 e. The number of hydrogen-bond donors (Lipinski definition) is 0. The van der Waals surface area contributed by atoms with Crippen LogP contribution in [-0.4, -0.2) is 13.1 Å². The molecule has 1 aromatic heterocycles. The smallest absolute Gasteiger partial charge is 0.113 e. The summed E-state index contributed by atoms with van der Waals surface area (Å²) in [5.74, 6) is 2.55. The van der Waals surface area contributed by atoms with Gasteiger partial charge >= 0.3 is 0 Å². The fourth-order valence-corrected chi connectivity index (χ4v) is 3.16. The van der Waals surface area contributed by atoms with Crippen LogP contribution < -0.4 is 5.19 Å². The number of pyridine rings is 1. The molecule has 0 saturated carbocycles. The molecular formula is C11H15NSi. The lowest BCUT2D eigenvalue weighted by Crippen LogP contribution is -2.40. The van der Waals surface area contributed by atoms with Crippen LogP contribution in [0, 0.1) is 19.3 Å². The van der Waals surface area contributed by atoms with Crippen LogP contribution in [-0.2, 0) is 0 Å². The molecule has 1 nitrogen and oxygen atoms in total. The molecule has 0 radical (unpaired) electrons. The molecule has 68 valence electrons. The summed E-state index contributed by atoms with van der Waals surface area (Å²) in [6, 6.07) is 4.06. The van der Waals surface area contributed by atoms with Crippen LogP contribution in [0.1, 0.15) is 11.4 Å². The van der Waals surface area contributed by atoms with Gasteiger partial charge < -0.3 is 0 Å². The summed E-state index contributed by atoms with van der Waals surface area (Å²) >= 11 is 0. The van der Waals surface area contributed by atoms with Gasteiger partial charge in [-0.05, 0) is 18.2 Å². The van der Waals surface area contributed by atoms with Gasteiger partial charge in [-0.3, -0.25) is 0 Å². The molecule has 0 aromatic carbocycles. The Hall–Kier alpha value is -1.07. The second kappa shape index (κ2) is 3.35. The summed E-state index contributed by atoms with van der Waals surface area (Å²) in [6.07, 6.45) is 5.28. The van der Waals surface area contributed by atoms with Crippen molar-refractivity contribution in [3.63, 3.8) is 0 Å². The highest BCUT2D eigenvalue weighted by Gasteiger charge is 2.18. The molecule has 1 heterocycles. The van der Waals surface area contributed by atoms with E-state index in [1.807, 2.05) is 13.0 Å². The van der Waals surface area contributed by atoms with Gasteiger partial charge in [0, 0.05) is 5.69 Å². The molecule has 0 aliphatic heterocycles. The standard InChI is InChI=1S/C11H15NSi/c1-6-10-7-8-11(9(2)12-10)13(3,4)5/h1,7-8H,2-5H3. The van der Waals surface area contributed by atoms with Crippen molar-refractivity contribution in [1.29, 1.82) is 0 Å². The van der Waals surface area contributed by atoms with E-state index >= 15 is 0 Å². The molecule has 0 N–H and O–H groups in total. The molecule has 0 aliphatic rings. The molecule has 0 spiro atoms. The molecule has 0 amide bonds. The fourth-order valence-electron chi connectivity index (χ4n) is 1.43. The highest BCUT2D eigenvalue weighted by Crippen LogP contribution is 2.05. The third kappa shape index (κ3) is 2.19. The molecule has 1 rings (SSSR count). The summed E-state index contributed by atoms with van der Waals surface area (Å²) in [6.45, 7) is 8.97. The minimum absolute atomic E-state index is 0.736. The van der Waals surface area contributed by atoms with Crippen LogP contribution in [0.4, 0.5) is 0 Å². The third-order valence-electron chi connectivity index (χ3n) is 2.04. The first-order valence-electron chi connectivity index (χ1n) is 4.40. The van der Waals surface area contributed by atoms with E-state index in [1.54, 1.807) is 0 Å². The summed E-state index contributed by atoms with van der Waals surface area (Å²) in [5, 5.41) is 1.39. The summed E-state index contributed by atoms with van der Waals surface area (Å²) in [5.41, 5.74) is 1.83. The Labute approximate surface area is 81.2 Å². The monoisotopic (exact) mass is 189 g/mol. The normalized spacial score (nSPS) is 11.0. The van der Waals surface area contributed by atoms with Crippen molar-refractivity contribution in [1.82, 2.24) is 4.98 Å². The number of nitrogens with zero attached hydrogens (tertiary/aromatic N) is 1. The van der Waals surface area contributed by atoms with Gasteiger partial charge in [0.15, 0.2) is 0 Å². The van der Waals surface area contributed by atoms with Crippen LogP contribution >= 0.6 is 0 Å². The van der Waals surface area contributed by atoms with E-state index in [1.165, 1.54) is 5.19 Å².